The van der Waals surface area contributed by atoms with E-state index in [-0.39, 0.29) is 12.6 Å². The Bertz CT molecular complexity index is 708. The summed E-state index contributed by atoms with van der Waals surface area (Å²) in [5.74, 6) is -0.620. The third-order valence-corrected chi connectivity index (χ3v) is 4.01. The highest BCUT2D eigenvalue weighted by atomic mass is 16.3. The van der Waals surface area contributed by atoms with Gasteiger partial charge in [-0.1, -0.05) is 12.1 Å². The molecule has 0 spiro atoms. The summed E-state index contributed by atoms with van der Waals surface area (Å²) in [5.41, 5.74) is 2.64. The van der Waals surface area contributed by atoms with Crippen LogP contribution in [0.2, 0.25) is 0 Å². The van der Waals surface area contributed by atoms with Gasteiger partial charge >= 0.3 is 11.8 Å². The van der Waals surface area contributed by atoms with E-state index in [1.165, 1.54) is 0 Å². The Balaban J connectivity index is 1.96. The molecule has 0 saturated carbocycles. The fraction of sp³-hybridized carbons (Fsp3) is 0.333. The lowest BCUT2D eigenvalue weighted by Crippen LogP contribution is -2.40. The highest BCUT2D eigenvalue weighted by Crippen LogP contribution is 2.19. The quantitative estimate of drug-likeness (QED) is 0.825. The number of carbonyl (C=O) groups excluding carboxylic acids is 2. The second-order valence-corrected chi connectivity index (χ2v) is 5.91. The topological polar surface area (TPSA) is 74.6 Å². The van der Waals surface area contributed by atoms with Crippen LogP contribution < -0.4 is 10.6 Å². The zero-order chi connectivity index (χ0) is 17.7. The van der Waals surface area contributed by atoms with E-state index < -0.39 is 11.8 Å². The van der Waals surface area contributed by atoms with E-state index in [4.69, 9.17) is 4.42 Å². The molecule has 0 saturated heterocycles. The zero-order valence-corrected chi connectivity index (χ0v) is 14.4. The van der Waals surface area contributed by atoms with Crippen molar-refractivity contribution in [3.05, 3.63) is 53.5 Å². The molecule has 6 nitrogen and oxygen atoms in total. The van der Waals surface area contributed by atoms with E-state index in [0.717, 1.165) is 16.9 Å². The Hall–Kier alpha value is -2.60. The van der Waals surface area contributed by atoms with Gasteiger partial charge in [-0.15, -0.1) is 0 Å². The molecule has 0 fully saturated rings. The standard InChI is InChI=1S/C18H23N3O3/c1-12-7-5-8-14(13(12)2)20-18(23)17(22)19-11-15(21(3)4)16-9-6-10-24-16/h5-10,15H,11H2,1-4H3,(H,19,22)(H,20,23). The van der Waals surface area contributed by atoms with Crippen molar-refractivity contribution in [1.82, 2.24) is 10.2 Å². The van der Waals surface area contributed by atoms with Crippen LogP contribution in [0.25, 0.3) is 0 Å². The molecule has 1 aromatic carbocycles. The van der Waals surface area contributed by atoms with Crippen LogP contribution in [0, 0.1) is 13.8 Å². The first-order valence-electron chi connectivity index (χ1n) is 7.75. The van der Waals surface area contributed by atoms with Crippen LogP contribution in [0.3, 0.4) is 0 Å². The van der Waals surface area contributed by atoms with Crippen molar-refractivity contribution in [2.75, 3.05) is 26.0 Å². The number of nitrogens with one attached hydrogen (secondary N) is 2. The highest BCUT2D eigenvalue weighted by Gasteiger charge is 2.21. The van der Waals surface area contributed by atoms with Gasteiger partial charge in [-0.2, -0.15) is 0 Å². The van der Waals surface area contributed by atoms with Crippen LogP contribution in [0.1, 0.15) is 22.9 Å². The summed E-state index contributed by atoms with van der Waals surface area (Å²) in [6.07, 6.45) is 1.58. The molecule has 0 aliphatic heterocycles. The predicted molar refractivity (Wildman–Crippen MR) is 92.7 cm³/mol. The molecule has 1 unspecified atom stereocenters. The van der Waals surface area contributed by atoms with Crippen LogP contribution in [0.4, 0.5) is 5.69 Å². The van der Waals surface area contributed by atoms with Gasteiger partial charge in [0.05, 0.1) is 12.3 Å². The molecule has 1 aromatic heterocycles. The maximum absolute atomic E-state index is 12.1. The van der Waals surface area contributed by atoms with Crippen molar-refractivity contribution >= 4 is 17.5 Å². The van der Waals surface area contributed by atoms with Crippen molar-refractivity contribution in [3.63, 3.8) is 0 Å². The number of hydrogen-bond acceptors (Lipinski definition) is 4. The number of aryl methyl sites for hydroxylation is 1. The molecule has 128 valence electrons. The summed E-state index contributed by atoms with van der Waals surface area (Å²) >= 11 is 0. The van der Waals surface area contributed by atoms with Crippen LogP contribution in [0.15, 0.2) is 41.0 Å². The van der Waals surface area contributed by atoms with Crippen molar-refractivity contribution in [1.29, 1.82) is 0 Å². The van der Waals surface area contributed by atoms with Gasteiger partial charge in [0.1, 0.15) is 5.76 Å². The molecular weight excluding hydrogens is 306 g/mol. The average molecular weight is 329 g/mol. The number of likely N-dealkylation sites (N-methyl/N-ethyl adjacent to an activating group) is 1. The van der Waals surface area contributed by atoms with Gasteiger partial charge in [-0.05, 0) is 57.3 Å². The number of carbonyl (C=O) groups is 2. The Morgan fingerprint density at radius 3 is 2.50 bits per heavy atom. The van der Waals surface area contributed by atoms with Crippen LogP contribution in [0.5, 0.6) is 0 Å². The molecule has 6 heteroatoms. The molecule has 2 amide bonds. The Morgan fingerprint density at radius 1 is 1.12 bits per heavy atom. The first kappa shape index (κ1) is 17.7. The van der Waals surface area contributed by atoms with Crippen molar-refractivity contribution < 1.29 is 14.0 Å². The number of rotatable bonds is 5. The van der Waals surface area contributed by atoms with Gasteiger partial charge < -0.3 is 15.1 Å². The fourth-order valence-electron chi connectivity index (χ4n) is 2.35. The number of hydrogen-bond donors (Lipinski definition) is 2. The molecule has 2 aromatic rings. The van der Waals surface area contributed by atoms with Gasteiger partial charge in [0.2, 0.25) is 0 Å². The van der Waals surface area contributed by atoms with E-state index in [2.05, 4.69) is 10.6 Å². The predicted octanol–water partition coefficient (Wildman–Crippen LogP) is 2.25. The number of nitrogens with zero attached hydrogens (tertiary/aromatic N) is 1. The zero-order valence-electron chi connectivity index (χ0n) is 14.4. The van der Waals surface area contributed by atoms with Crippen molar-refractivity contribution in [3.8, 4) is 0 Å². The normalized spacial score (nSPS) is 12.0. The van der Waals surface area contributed by atoms with Crippen LogP contribution >= 0.6 is 0 Å². The Kier molecular flexibility index (Phi) is 5.76. The number of amides is 2. The summed E-state index contributed by atoms with van der Waals surface area (Å²) in [5, 5.41) is 5.30. The molecule has 1 heterocycles. The first-order valence-corrected chi connectivity index (χ1v) is 7.75. The summed E-state index contributed by atoms with van der Waals surface area (Å²) in [6.45, 7) is 4.14. The van der Waals surface area contributed by atoms with Gasteiger partial charge in [-0.25, -0.2) is 0 Å². The molecule has 1 atom stereocenters. The summed E-state index contributed by atoms with van der Waals surface area (Å²) in [6, 6.07) is 9.06. The van der Waals surface area contributed by atoms with Gasteiger partial charge in [0.15, 0.2) is 0 Å². The summed E-state index contributed by atoms with van der Waals surface area (Å²) in [4.78, 5) is 26.1. The Labute approximate surface area is 141 Å². The lowest BCUT2D eigenvalue weighted by Gasteiger charge is -2.22. The van der Waals surface area contributed by atoms with E-state index in [9.17, 15) is 9.59 Å². The third-order valence-electron chi connectivity index (χ3n) is 4.01. The molecular formula is C18H23N3O3. The number of furan rings is 1. The smallest absolute Gasteiger partial charge is 0.313 e. The lowest BCUT2D eigenvalue weighted by molar-refractivity contribution is -0.136. The molecule has 0 aliphatic rings. The molecule has 2 rings (SSSR count). The van der Waals surface area contributed by atoms with Crippen molar-refractivity contribution in [2.45, 2.75) is 19.9 Å². The Morgan fingerprint density at radius 2 is 1.88 bits per heavy atom. The SMILES string of the molecule is Cc1cccc(NC(=O)C(=O)NCC(c2ccco2)N(C)C)c1C. The van der Waals surface area contributed by atoms with E-state index in [1.54, 1.807) is 18.4 Å². The molecule has 0 radical (unpaired) electrons. The maximum Gasteiger partial charge on any atom is 0.313 e. The van der Waals surface area contributed by atoms with Gasteiger partial charge in [-0.3, -0.25) is 14.5 Å². The van der Waals surface area contributed by atoms with Crippen LogP contribution in [-0.4, -0.2) is 37.4 Å². The lowest BCUT2D eigenvalue weighted by atomic mass is 10.1. The minimum Gasteiger partial charge on any atom is -0.468 e. The van der Waals surface area contributed by atoms with Gasteiger partial charge in [0.25, 0.3) is 0 Å². The molecule has 0 bridgehead atoms. The molecule has 24 heavy (non-hydrogen) atoms. The van der Waals surface area contributed by atoms with E-state index >= 15 is 0 Å². The molecule has 0 aliphatic carbocycles. The monoisotopic (exact) mass is 329 g/mol. The number of anilines is 1. The minimum atomic E-state index is -0.680. The van der Waals surface area contributed by atoms with E-state index in [0.29, 0.717) is 5.69 Å². The summed E-state index contributed by atoms with van der Waals surface area (Å²) in [7, 11) is 3.77. The van der Waals surface area contributed by atoms with Gasteiger partial charge in [0, 0.05) is 12.2 Å². The van der Waals surface area contributed by atoms with Crippen LogP contribution in [-0.2, 0) is 9.59 Å². The maximum atomic E-state index is 12.1. The summed E-state index contributed by atoms with van der Waals surface area (Å²) < 4.78 is 5.38. The fourth-order valence-corrected chi connectivity index (χ4v) is 2.35. The van der Waals surface area contributed by atoms with Crippen molar-refractivity contribution in [2.24, 2.45) is 0 Å². The average Bonchev–Trinajstić information content (AvgIpc) is 3.05. The number of benzene rings is 1. The van der Waals surface area contributed by atoms with E-state index in [1.807, 2.05) is 51.0 Å². The largest absolute Gasteiger partial charge is 0.468 e. The second kappa shape index (κ2) is 7.79. The highest BCUT2D eigenvalue weighted by molar-refractivity contribution is 6.39. The third kappa shape index (κ3) is 4.23. The molecule has 2 N–H and O–H groups in total. The second-order valence-electron chi connectivity index (χ2n) is 5.91. The minimum absolute atomic E-state index is 0.141. The first-order chi connectivity index (χ1) is 11.4.